The van der Waals surface area contributed by atoms with E-state index < -0.39 is 6.10 Å². The predicted molar refractivity (Wildman–Crippen MR) is 115 cm³/mol. The molecule has 0 saturated heterocycles. The third-order valence-corrected chi connectivity index (χ3v) is 5.19. The summed E-state index contributed by atoms with van der Waals surface area (Å²) in [5.41, 5.74) is 0. The van der Waals surface area contributed by atoms with Crippen LogP contribution in [-0.2, 0) is 4.79 Å². The summed E-state index contributed by atoms with van der Waals surface area (Å²) in [6.45, 7) is 1.97. The highest BCUT2D eigenvalue weighted by atomic mass is 16.5. The minimum atomic E-state index is -0.463. The summed E-state index contributed by atoms with van der Waals surface area (Å²) in [5.74, 6) is 2.23. The van der Waals surface area contributed by atoms with E-state index in [2.05, 4.69) is 20.6 Å². The maximum Gasteiger partial charge on any atom is 0.261 e. The summed E-state index contributed by atoms with van der Waals surface area (Å²) in [6, 6.07) is 11.9. The number of aromatic nitrogens is 2. The van der Waals surface area contributed by atoms with Gasteiger partial charge in [-0.3, -0.25) is 4.79 Å². The minimum Gasteiger partial charge on any atom is -0.481 e. The zero-order chi connectivity index (χ0) is 20.6. The van der Waals surface area contributed by atoms with E-state index in [0.717, 1.165) is 37.3 Å². The molecule has 7 nitrogen and oxygen atoms in total. The number of hydrogen-bond acceptors (Lipinski definition) is 6. The van der Waals surface area contributed by atoms with Crippen molar-refractivity contribution in [1.29, 1.82) is 0 Å². The van der Waals surface area contributed by atoms with E-state index in [9.17, 15) is 4.79 Å². The number of hydrogen-bond donors (Lipinski definition) is 2. The smallest absolute Gasteiger partial charge is 0.261 e. The van der Waals surface area contributed by atoms with Crippen molar-refractivity contribution >= 4 is 17.7 Å². The third-order valence-electron chi connectivity index (χ3n) is 5.19. The molecule has 1 fully saturated rings. The number of ether oxygens (including phenoxy) is 1. The summed E-state index contributed by atoms with van der Waals surface area (Å²) in [4.78, 5) is 23.5. The van der Waals surface area contributed by atoms with E-state index in [1.807, 2.05) is 62.3 Å². The second-order valence-corrected chi connectivity index (χ2v) is 7.66. The Bertz CT molecular complexity index is 776. The zero-order valence-electron chi connectivity index (χ0n) is 17.5. The molecule has 29 heavy (non-hydrogen) atoms. The van der Waals surface area contributed by atoms with Gasteiger partial charge in [-0.15, -0.1) is 0 Å². The van der Waals surface area contributed by atoms with Crippen LogP contribution in [0.4, 0.5) is 11.8 Å². The Balaban J connectivity index is 1.46. The van der Waals surface area contributed by atoms with Gasteiger partial charge in [0.1, 0.15) is 11.6 Å². The van der Waals surface area contributed by atoms with Crippen molar-refractivity contribution in [2.75, 3.05) is 24.3 Å². The van der Waals surface area contributed by atoms with E-state index >= 15 is 0 Å². The van der Waals surface area contributed by atoms with E-state index in [1.165, 1.54) is 0 Å². The first-order chi connectivity index (χ1) is 14.0. The fourth-order valence-corrected chi connectivity index (χ4v) is 3.51. The Morgan fingerprint density at radius 3 is 2.48 bits per heavy atom. The molecule has 1 aliphatic rings. The molecule has 2 N–H and O–H groups in total. The van der Waals surface area contributed by atoms with Crippen LogP contribution in [-0.4, -0.2) is 48.2 Å². The number of anilines is 2. The standard InChI is InChI=1S/C22H31N5O2/c1-4-19(29-18-8-6-5-7-9-18)21(28)24-16-10-12-17(13-11-16)25-22-23-15-14-20(26-22)27(2)3/h5-9,14-17,19H,4,10-13H2,1-3H3,(H,24,28)(H,23,25,26)/t16-,17+,19?. The molecule has 7 heteroatoms. The summed E-state index contributed by atoms with van der Waals surface area (Å²) in [7, 11) is 3.93. The minimum absolute atomic E-state index is 0.0326. The van der Waals surface area contributed by atoms with E-state index in [-0.39, 0.29) is 11.9 Å². The van der Waals surface area contributed by atoms with Gasteiger partial charge in [-0.05, 0) is 50.3 Å². The molecule has 1 unspecified atom stereocenters. The lowest BCUT2D eigenvalue weighted by Crippen LogP contribution is -2.46. The van der Waals surface area contributed by atoms with Crippen LogP contribution in [0.15, 0.2) is 42.6 Å². The van der Waals surface area contributed by atoms with Gasteiger partial charge in [0.25, 0.3) is 5.91 Å². The quantitative estimate of drug-likeness (QED) is 0.712. The SMILES string of the molecule is CCC(Oc1ccccc1)C(=O)N[C@H]1CC[C@@H](Nc2nccc(N(C)C)n2)CC1. The summed E-state index contributed by atoms with van der Waals surface area (Å²) in [6.07, 6.45) is 5.74. The van der Waals surface area contributed by atoms with Gasteiger partial charge < -0.3 is 20.3 Å². The number of carbonyl (C=O) groups is 1. The second kappa shape index (κ2) is 10.1. The largest absolute Gasteiger partial charge is 0.481 e. The molecule has 2 aromatic rings. The second-order valence-electron chi connectivity index (χ2n) is 7.66. The van der Waals surface area contributed by atoms with Gasteiger partial charge in [0.05, 0.1) is 0 Å². The van der Waals surface area contributed by atoms with Crippen LogP contribution in [0.1, 0.15) is 39.0 Å². The molecule has 0 aliphatic heterocycles. The average Bonchev–Trinajstić information content (AvgIpc) is 2.74. The fraction of sp³-hybridized carbons (Fsp3) is 0.500. The summed E-state index contributed by atoms with van der Waals surface area (Å²) >= 11 is 0. The number of nitrogens with zero attached hydrogens (tertiary/aromatic N) is 3. The van der Waals surface area contributed by atoms with Gasteiger partial charge in [0.2, 0.25) is 5.95 Å². The highest BCUT2D eigenvalue weighted by Gasteiger charge is 2.26. The highest BCUT2D eigenvalue weighted by molar-refractivity contribution is 5.81. The van der Waals surface area contributed by atoms with Crippen molar-refractivity contribution in [3.05, 3.63) is 42.6 Å². The maximum absolute atomic E-state index is 12.6. The lowest BCUT2D eigenvalue weighted by Gasteiger charge is -2.30. The van der Waals surface area contributed by atoms with Crippen LogP contribution in [0.3, 0.4) is 0 Å². The van der Waals surface area contributed by atoms with Crippen molar-refractivity contribution in [3.63, 3.8) is 0 Å². The lowest BCUT2D eigenvalue weighted by molar-refractivity contribution is -0.129. The van der Waals surface area contributed by atoms with E-state index in [0.29, 0.717) is 18.4 Å². The van der Waals surface area contributed by atoms with E-state index in [4.69, 9.17) is 4.74 Å². The molecule has 1 aliphatic carbocycles. The number of amides is 1. The zero-order valence-corrected chi connectivity index (χ0v) is 17.5. The van der Waals surface area contributed by atoms with Crippen LogP contribution in [0.25, 0.3) is 0 Å². The topological polar surface area (TPSA) is 79.4 Å². The van der Waals surface area contributed by atoms with Gasteiger partial charge in [-0.2, -0.15) is 4.98 Å². The average molecular weight is 398 g/mol. The Morgan fingerprint density at radius 2 is 1.83 bits per heavy atom. The summed E-state index contributed by atoms with van der Waals surface area (Å²) < 4.78 is 5.85. The van der Waals surface area contributed by atoms with Crippen LogP contribution in [0, 0.1) is 0 Å². The first-order valence-electron chi connectivity index (χ1n) is 10.3. The number of para-hydroxylation sites is 1. The Kier molecular flexibility index (Phi) is 7.27. The number of carbonyl (C=O) groups excluding carboxylic acids is 1. The van der Waals surface area contributed by atoms with Crippen LogP contribution < -0.4 is 20.3 Å². The Morgan fingerprint density at radius 1 is 1.14 bits per heavy atom. The molecule has 1 saturated carbocycles. The molecule has 1 atom stereocenters. The van der Waals surface area contributed by atoms with Crippen LogP contribution >= 0.6 is 0 Å². The van der Waals surface area contributed by atoms with Crippen molar-refractivity contribution in [2.45, 2.75) is 57.2 Å². The van der Waals surface area contributed by atoms with Gasteiger partial charge in [-0.25, -0.2) is 4.98 Å². The first-order valence-corrected chi connectivity index (χ1v) is 10.3. The number of benzene rings is 1. The van der Waals surface area contributed by atoms with Crippen LogP contribution in [0.2, 0.25) is 0 Å². The Hall–Kier alpha value is -2.83. The highest BCUT2D eigenvalue weighted by Crippen LogP contribution is 2.22. The molecular formula is C22H31N5O2. The van der Waals surface area contributed by atoms with Crippen molar-refractivity contribution < 1.29 is 9.53 Å². The van der Waals surface area contributed by atoms with Gasteiger partial charge in [-0.1, -0.05) is 25.1 Å². The maximum atomic E-state index is 12.6. The van der Waals surface area contributed by atoms with Crippen molar-refractivity contribution in [3.8, 4) is 5.75 Å². The molecule has 0 spiro atoms. The van der Waals surface area contributed by atoms with Gasteiger partial charge >= 0.3 is 0 Å². The third kappa shape index (κ3) is 6.07. The molecule has 156 valence electrons. The molecule has 1 heterocycles. The normalized spacial score (nSPS) is 19.8. The molecule has 3 rings (SSSR count). The predicted octanol–water partition coefficient (Wildman–Crippen LogP) is 3.24. The Labute approximate surface area is 172 Å². The molecule has 1 aromatic carbocycles. The number of nitrogens with one attached hydrogen (secondary N) is 2. The van der Waals surface area contributed by atoms with Crippen molar-refractivity contribution in [2.24, 2.45) is 0 Å². The van der Waals surface area contributed by atoms with Gasteiger partial charge in [0, 0.05) is 32.4 Å². The lowest BCUT2D eigenvalue weighted by atomic mass is 9.91. The van der Waals surface area contributed by atoms with Crippen molar-refractivity contribution in [1.82, 2.24) is 15.3 Å². The van der Waals surface area contributed by atoms with Gasteiger partial charge in [0.15, 0.2) is 6.10 Å². The van der Waals surface area contributed by atoms with E-state index in [1.54, 1.807) is 6.20 Å². The first kappa shape index (κ1) is 20.9. The molecule has 1 aromatic heterocycles. The summed E-state index contributed by atoms with van der Waals surface area (Å²) in [5, 5.41) is 6.60. The molecule has 0 bridgehead atoms. The number of rotatable bonds is 8. The molecule has 1 amide bonds. The molecule has 0 radical (unpaired) electrons. The monoisotopic (exact) mass is 397 g/mol. The fourth-order valence-electron chi connectivity index (χ4n) is 3.51. The molecular weight excluding hydrogens is 366 g/mol. The van der Waals surface area contributed by atoms with Crippen LogP contribution in [0.5, 0.6) is 5.75 Å².